The minimum absolute atomic E-state index is 0.0531. The molecule has 0 radical (unpaired) electrons. The van der Waals surface area contributed by atoms with Gasteiger partial charge >= 0.3 is 0 Å². The van der Waals surface area contributed by atoms with E-state index in [-0.39, 0.29) is 11.5 Å². The van der Waals surface area contributed by atoms with Gasteiger partial charge in [0.05, 0.1) is 11.5 Å². The highest BCUT2D eigenvalue weighted by Crippen LogP contribution is 2.43. The van der Waals surface area contributed by atoms with Crippen molar-refractivity contribution >= 4 is 22.4 Å². The van der Waals surface area contributed by atoms with Gasteiger partial charge in [0.1, 0.15) is 0 Å². The van der Waals surface area contributed by atoms with Gasteiger partial charge in [-0.15, -0.1) is 11.6 Å². The summed E-state index contributed by atoms with van der Waals surface area (Å²) in [6.45, 7) is 2.99. The van der Waals surface area contributed by atoms with E-state index >= 15 is 0 Å². The first-order valence-electron chi connectivity index (χ1n) is 7.55. The summed E-state index contributed by atoms with van der Waals surface area (Å²) in [5.41, 5.74) is 4.26. The van der Waals surface area contributed by atoms with Gasteiger partial charge in [-0.3, -0.25) is 0 Å². The molecule has 1 fully saturated rings. The van der Waals surface area contributed by atoms with E-state index in [1.165, 1.54) is 40.3 Å². The fourth-order valence-electron chi connectivity index (χ4n) is 3.87. The van der Waals surface area contributed by atoms with Crippen LogP contribution >= 0.6 is 11.6 Å². The van der Waals surface area contributed by atoms with Crippen molar-refractivity contribution in [1.82, 2.24) is 0 Å². The molecule has 2 aliphatic rings. The number of hydrogen-bond acceptors (Lipinski definition) is 1. The zero-order valence-electron chi connectivity index (χ0n) is 11.7. The van der Waals surface area contributed by atoms with E-state index in [1.807, 2.05) is 0 Å². The Morgan fingerprint density at radius 3 is 2.70 bits per heavy atom. The number of alkyl halides is 1. The first kappa shape index (κ1) is 12.7. The lowest BCUT2D eigenvalue weighted by Crippen LogP contribution is -2.16. The van der Waals surface area contributed by atoms with Gasteiger partial charge < -0.3 is 4.74 Å². The average Bonchev–Trinajstić information content (AvgIpc) is 3.07. The molecule has 0 N–H and O–H groups in total. The second-order valence-electron chi connectivity index (χ2n) is 6.08. The van der Waals surface area contributed by atoms with E-state index < -0.39 is 0 Å². The number of hydrogen-bond donors (Lipinski definition) is 0. The van der Waals surface area contributed by atoms with Crippen LogP contribution in [0.2, 0.25) is 0 Å². The zero-order chi connectivity index (χ0) is 13.7. The van der Waals surface area contributed by atoms with Crippen molar-refractivity contribution in [1.29, 1.82) is 0 Å². The van der Waals surface area contributed by atoms with Crippen molar-refractivity contribution in [3.63, 3.8) is 0 Å². The topological polar surface area (TPSA) is 9.23 Å². The monoisotopic (exact) mass is 286 g/mol. The van der Waals surface area contributed by atoms with Crippen LogP contribution in [-0.2, 0) is 17.6 Å². The summed E-state index contributed by atoms with van der Waals surface area (Å²) in [6.07, 6.45) is 3.68. The van der Waals surface area contributed by atoms with E-state index in [4.69, 9.17) is 16.3 Å². The summed E-state index contributed by atoms with van der Waals surface area (Å²) in [6, 6.07) is 11.2. The van der Waals surface area contributed by atoms with E-state index in [9.17, 15) is 0 Å². The van der Waals surface area contributed by atoms with Gasteiger partial charge in [-0.25, -0.2) is 0 Å². The Labute approximate surface area is 124 Å². The zero-order valence-corrected chi connectivity index (χ0v) is 12.5. The minimum Gasteiger partial charge on any atom is -0.378 e. The summed E-state index contributed by atoms with van der Waals surface area (Å²) in [7, 11) is 0. The van der Waals surface area contributed by atoms with Crippen LogP contribution in [0.25, 0.3) is 10.8 Å². The molecule has 2 aromatic rings. The van der Waals surface area contributed by atoms with Gasteiger partial charge in [-0.05, 0) is 53.6 Å². The number of halogens is 1. The second-order valence-corrected chi connectivity index (χ2v) is 6.55. The Balaban J connectivity index is 1.85. The first-order valence-corrected chi connectivity index (χ1v) is 7.98. The summed E-state index contributed by atoms with van der Waals surface area (Å²) in [4.78, 5) is 0. The van der Waals surface area contributed by atoms with Crippen LogP contribution in [0.5, 0.6) is 0 Å². The third-order valence-corrected chi connectivity index (χ3v) is 5.58. The Kier molecular flexibility index (Phi) is 3.01. The quantitative estimate of drug-likeness (QED) is 0.731. The predicted octanol–water partition coefficient (Wildman–Crippen LogP) is 4.64. The fourth-order valence-corrected chi connectivity index (χ4v) is 4.39. The SMILES string of the molecule is CC1OCCC1C(Cl)c1ccc2c3c(cccc13)CC2. The molecule has 3 unspecified atom stereocenters. The van der Waals surface area contributed by atoms with Crippen molar-refractivity contribution in [2.45, 2.75) is 37.7 Å². The van der Waals surface area contributed by atoms with Crippen molar-refractivity contribution in [2.24, 2.45) is 5.92 Å². The smallest absolute Gasteiger partial charge is 0.0644 e. The molecule has 1 saturated heterocycles. The molecule has 0 spiro atoms. The number of benzene rings is 2. The lowest BCUT2D eigenvalue weighted by Gasteiger charge is -2.22. The molecule has 104 valence electrons. The maximum absolute atomic E-state index is 6.83. The summed E-state index contributed by atoms with van der Waals surface area (Å²) >= 11 is 6.83. The van der Waals surface area contributed by atoms with Crippen molar-refractivity contribution in [3.05, 3.63) is 47.0 Å². The first-order chi connectivity index (χ1) is 9.75. The molecule has 0 aromatic heterocycles. The lowest BCUT2D eigenvalue weighted by atomic mass is 9.89. The molecule has 1 aliphatic heterocycles. The van der Waals surface area contributed by atoms with E-state index in [0.717, 1.165) is 13.0 Å². The van der Waals surface area contributed by atoms with Crippen LogP contribution in [0.15, 0.2) is 30.3 Å². The molecule has 3 atom stereocenters. The molecule has 0 saturated carbocycles. The van der Waals surface area contributed by atoms with Gasteiger partial charge in [-0.2, -0.15) is 0 Å². The van der Waals surface area contributed by atoms with Gasteiger partial charge in [0.15, 0.2) is 0 Å². The van der Waals surface area contributed by atoms with Crippen LogP contribution in [0.4, 0.5) is 0 Å². The minimum atomic E-state index is 0.0531. The van der Waals surface area contributed by atoms with Crippen LogP contribution in [0.3, 0.4) is 0 Å². The molecule has 0 amide bonds. The molecule has 1 nitrogen and oxygen atoms in total. The normalized spacial score (nSPS) is 26.3. The van der Waals surface area contributed by atoms with Crippen molar-refractivity contribution < 1.29 is 4.74 Å². The van der Waals surface area contributed by atoms with Gasteiger partial charge in [-0.1, -0.05) is 30.3 Å². The number of ether oxygens (including phenoxy) is 1. The van der Waals surface area contributed by atoms with E-state index in [0.29, 0.717) is 5.92 Å². The van der Waals surface area contributed by atoms with Crippen LogP contribution in [0, 0.1) is 5.92 Å². The largest absolute Gasteiger partial charge is 0.378 e. The molecular formula is C18H19ClO. The molecular weight excluding hydrogens is 268 g/mol. The lowest BCUT2D eigenvalue weighted by molar-refractivity contribution is 0.105. The standard InChI is InChI=1S/C18H19ClO/c1-11-14(9-10-20-11)18(19)16-8-7-13-6-5-12-3-2-4-15(16)17(12)13/h2-4,7-8,11,14,18H,5-6,9-10H2,1H3. The molecule has 1 heterocycles. The number of aryl methyl sites for hydroxylation is 2. The van der Waals surface area contributed by atoms with Crippen molar-refractivity contribution in [2.75, 3.05) is 6.61 Å². The van der Waals surface area contributed by atoms with E-state index in [2.05, 4.69) is 37.3 Å². The molecule has 2 heteroatoms. The maximum atomic E-state index is 6.83. The third kappa shape index (κ3) is 1.80. The fraction of sp³-hybridized carbons (Fsp3) is 0.444. The van der Waals surface area contributed by atoms with Crippen molar-refractivity contribution in [3.8, 4) is 0 Å². The predicted molar refractivity (Wildman–Crippen MR) is 83.5 cm³/mol. The van der Waals surface area contributed by atoms with Gasteiger partial charge in [0.2, 0.25) is 0 Å². The summed E-state index contributed by atoms with van der Waals surface area (Å²) in [5, 5.41) is 2.87. The molecule has 4 rings (SSSR count). The average molecular weight is 287 g/mol. The van der Waals surface area contributed by atoms with Crippen LogP contribution < -0.4 is 0 Å². The van der Waals surface area contributed by atoms with Crippen LogP contribution in [-0.4, -0.2) is 12.7 Å². The van der Waals surface area contributed by atoms with Crippen LogP contribution in [0.1, 0.15) is 35.4 Å². The Morgan fingerprint density at radius 2 is 1.95 bits per heavy atom. The molecule has 2 aromatic carbocycles. The highest BCUT2D eigenvalue weighted by molar-refractivity contribution is 6.22. The maximum Gasteiger partial charge on any atom is 0.0644 e. The highest BCUT2D eigenvalue weighted by atomic mass is 35.5. The molecule has 0 bridgehead atoms. The molecule has 20 heavy (non-hydrogen) atoms. The summed E-state index contributed by atoms with van der Waals surface area (Å²) < 4.78 is 5.70. The summed E-state index contributed by atoms with van der Waals surface area (Å²) in [5.74, 6) is 0.426. The van der Waals surface area contributed by atoms with Gasteiger partial charge in [0.25, 0.3) is 0 Å². The Hall–Kier alpha value is -1.05. The second kappa shape index (κ2) is 4.75. The third-order valence-electron chi connectivity index (χ3n) is 5.02. The highest BCUT2D eigenvalue weighted by Gasteiger charge is 2.33. The van der Waals surface area contributed by atoms with Gasteiger partial charge in [0, 0.05) is 12.5 Å². The van der Waals surface area contributed by atoms with E-state index in [1.54, 1.807) is 0 Å². The number of rotatable bonds is 2. The molecule has 1 aliphatic carbocycles. The Morgan fingerprint density at radius 1 is 1.15 bits per heavy atom. The Bertz CT molecular complexity index is 654.